The number of nitrogens with one attached hydrogen (secondary N) is 1. The predicted molar refractivity (Wildman–Crippen MR) is 84.4 cm³/mol. The van der Waals surface area contributed by atoms with Gasteiger partial charge in [-0.15, -0.1) is 12.4 Å². The van der Waals surface area contributed by atoms with Crippen LogP contribution in [0.3, 0.4) is 0 Å². The minimum Gasteiger partial charge on any atom is -0.412 e. The Morgan fingerprint density at radius 2 is 1.82 bits per heavy atom. The highest BCUT2D eigenvalue weighted by atomic mass is 35.5. The second kappa shape index (κ2) is 7.53. The summed E-state index contributed by atoms with van der Waals surface area (Å²) in [7, 11) is 0. The standard InChI is InChI=1S/C14H17N3O3.ClH.H2O/c18-14(11-1-3-12(4-2-11)17(19)20)15-13-9-16-7-5-10(13)6-8-16;;/h1-4,10,13H,5-9H2,(H,15,18);1H;1H2. The first-order valence-corrected chi connectivity index (χ1v) is 6.91. The van der Waals surface area contributed by atoms with Crippen molar-refractivity contribution in [1.82, 2.24) is 10.2 Å². The fourth-order valence-corrected chi connectivity index (χ4v) is 3.11. The summed E-state index contributed by atoms with van der Waals surface area (Å²) in [6.07, 6.45) is 2.29. The van der Waals surface area contributed by atoms with E-state index in [1.807, 2.05) is 0 Å². The van der Waals surface area contributed by atoms with Crippen LogP contribution >= 0.6 is 12.4 Å². The molecule has 0 aliphatic carbocycles. The lowest BCUT2D eigenvalue weighted by atomic mass is 9.84. The molecule has 1 unspecified atom stereocenters. The zero-order valence-electron chi connectivity index (χ0n) is 12.0. The van der Waals surface area contributed by atoms with Crippen LogP contribution in [0.1, 0.15) is 23.2 Å². The topological polar surface area (TPSA) is 107 Å². The Hall–Kier alpha value is -1.70. The molecule has 3 aliphatic heterocycles. The molecule has 0 saturated carbocycles. The van der Waals surface area contributed by atoms with Crippen LogP contribution in [0.25, 0.3) is 0 Å². The molecule has 1 aromatic rings. The number of non-ortho nitro benzene ring substituents is 1. The first-order valence-electron chi connectivity index (χ1n) is 6.91. The fraction of sp³-hybridized carbons (Fsp3) is 0.500. The molecule has 0 radical (unpaired) electrons. The molecule has 3 saturated heterocycles. The van der Waals surface area contributed by atoms with Crippen LogP contribution < -0.4 is 5.32 Å². The Morgan fingerprint density at radius 1 is 1.23 bits per heavy atom. The van der Waals surface area contributed by atoms with Crippen LogP contribution in [0, 0.1) is 16.0 Å². The van der Waals surface area contributed by atoms with E-state index in [0.717, 1.165) is 32.5 Å². The van der Waals surface area contributed by atoms with Gasteiger partial charge in [0.25, 0.3) is 11.6 Å². The quantitative estimate of drug-likeness (QED) is 0.659. The van der Waals surface area contributed by atoms with E-state index >= 15 is 0 Å². The molecule has 22 heavy (non-hydrogen) atoms. The summed E-state index contributed by atoms with van der Waals surface area (Å²) >= 11 is 0. The maximum absolute atomic E-state index is 12.2. The molecule has 0 spiro atoms. The third kappa shape index (κ3) is 3.73. The van der Waals surface area contributed by atoms with Gasteiger partial charge in [0.15, 0.2) is 0 Å². The second-order valence-electron chi connectivity index (χ2n) is 5.52. The number of hydrogen-bond donors (Lipinski definition) is 1. The van der Waals surface area contributed by atoms with Crippen molar-refractivity contribution in [3.63, 3.8) is 0 Å². The number of rotatable bonds is 3. The van der Waals surface area contributed by atoms with Crippen molar-refractivity contribution in [2.75, 3.05) is 19.6 Å². The summed E-state index contributed by atoms with van der Waals surface area (Å²) in [5.74, 6) is 0.431. The maximum Gasteiger partial charge on any atom is 0.269 e. The van der Waals surface area contributed by atoms with E-state index in [-0.39, 0.29) is 35.5 Å². The highest BCUT2D eigenvalue weighted by Gasteiger charge is 2.34. The fourth-order valence-electron chi connectivity index (χ4n) is 3.11. The van der Waals surface area contributed by atoms with Gasteiger partial charge in [-0.05, 0) is 44.0 Å². The Morgan fingerprint density at radius 3 is 2.27 bits per heavy atom. The van der Waals surface area contributed by atoms with E-state index in [0.29, 0.717) is 11.5 Å². The van der Waals surface area contributed by atoms with Gasteiger partial charge in [0.2, 0.25) is 0 Å². The number of hydrogen-bond acceptors (Lipinski definition) is 4. The van der Waals surface area contributed by atoms with Crippen molar-refractivity contribution < 1.29 is 15.2 Å². The minimum absolute atomic E-state index is 0. The van der Waals surface area contributed by atoms with Crippen molar-refractivity contribution in [3.8, 4) is 0 Å². The number of benzene rings is 1. The summed E-state index contributed by atoms with van der Waals surface area (Å²) in [5.41, 5.74) is 0.483. The zero-order chi connectivity index (χ0) is 14.1. The molecule has 8 heteroatoms. The first-order chi connectivity index (χ1) is 9.63. The zero-order valence-corrected chi connectivity index (χ0v) is 12.8. The molecular formula is C14H20ClN3O4. The molecule has 3 fully saturated rings. The van der Waals surface area contributed by atoms with Gasteiger partial charge < -0.3 is 15.7 Å². The van der Waals surface area contributed by atoms with E-state index in [4.69, 9.17) is 0 Å². The van der Waals surface area contributed by atoms with E-state index < -0.39 is 4.92 Å². The van der Waals surface area contributed by atoms with E-state index in [1.165, 1.54) is 24.3 Å². The van der Waals surface area contributed by atoms with Crippen molar-refractivity contribution >= 4 is 24.0 Å². The number of piperidine rings is 3. The van der Waals surface area contributed by atoms with Gasteiger partial charge in [0.05, 0.1) is 4.92 Å². The maximum atomic E-state index is 12.2. The van der Waals surface area contributed by atoms with Gasteiger partial charge in [0, 0.05) is 30.3 Å². The Kier molecular flexibility index (Phi) is 6.28. The molecule has 2 bridgehead atoms. The third-order valence-corrected chi connectivity index (χ3v) is 4.31. The lowest BCUT2D eigenvalue weighted by Gasteiger charge is -2.44. The van der Waals surface area contributed by atoms with Gasteiger partial charge in [-0.25, -0.2) is 0 Å². The monoisotopic (exact) mass is 329 g/mol. The lowest BCUT2D eigenvalue weighted by molar-refractivity contribution is -0.384. The average molecular weight is 330 g/mol. The first kappa shape index (κ1) is 18.3. The summed E-state index contributed by atoms with van der Waals surface area (Å²) in [6, 6.07) is 5.96. The van der Waals surface area contributed by atoms with Crippen molar-refractivity contribution in [2.45, 2.75) is 18.9 Å². The number of fused-ring (bicyclic) bond motifs is 3. The second-order valence-corrected chi connectivity index (χ2v) is 5.52. The number of carbonyl (C=O) groups excluding carboxylic acids is 1. The molecule has 1 amide bonds. The smallest absolute Gasteiger partial charge is 0.269 e. The Bertz CT molecular complexity index is 529. The highest BCUT2D eigenvalue weighted by Crippen LogP contribution is 2.27. The summed E-state index contributed by atoms with van der Waals surface area (Å²) in [4.78, 5) is 24.7. The Labute approximate surface area is 134 Å². The number of nitro groups is 1. The highest BCUT2D eigenvalue weighted by molar-refractivity contribution is 5.94. The minimum atomic E-state index is -0.463. The summed E-state index contributed by atoms with van der Waals surface area (Å²) in [5, 5.41) is 13.6. The number of halogens is 1. The molecule has 3 N–H and O–H groups in total. The molecule has 4 rings (SSSR count). The summed E-state index contributed by atoms with van der Waals surface area (Å²) in [6.45, 7) is 3.19. The number of nitro benzene ring substituents is 1. The van der Waals surface area contributed by atoms with Crippen LogP contribution in [-0.4, -0.2) is 46.9 Å². The average Bonchev–Trinajstić information content (AvgIpc) is 2.48. The molecular weight excluding hydrogens is 310 g/mol. The third-order valence-electron chi connectivity index (χ3n) is 4.31. The molecule has 7 nitrogen and oxygen atoms in total. The van der Waals surface area contributed by atoms with Crippen LogP contribution in [0.5, 0.6) is 0 Å². The molecule has 3 heterocycles. The predicted octanol–water partition coefficient (Wildman–Crippen LogP) is 1.02. The van der Waals surface area contributed by atoms with Gasteiger partial charge in [-0.2, -0.15) is 0 Å². The van der Waals surface area contributed by atoms with Crippen LogP contribution in [0.2, 0.25) is 0 Å². The summed E-state index contributed by atoms with van der Waals surface area (Å²) < 4.78 is 0. The van der Waals surface area contributed by atoms with E-state index in [2.05, 4.69) is 10.2 Å². The van der Waals surface area contributed by atoms with E-state index in [9.17, 15) is 14.9 Å². The van der Waals surface area contributed by atoms with Crippen LogP contribution in [0.4, 0.5) is 5.69 Å². The Balaban J connectivity index is 0.00000121. The van der Waals surface area contributed by atoms with E-state index in [1.54, 1.807) is 0 Å². The largest absolute Gasteiger partial charge is 0.412 e. The van der Waals surface area contributed by atoms with Gasteiger partial charge in [-0.1, -0.05) is 0 Å². The van der Waals surface area contributed by atoms with Crippen molar-refractivity contribution in [1.29, 1.82) is 0 Å². The molecule has 3 aliphatic rings. The van der Waals surface area contributed by atoms with Gasteiger partial charge >= 0.3 is 0 Å². The molecule has 122 valence electrons. The lowest BCUT2D eigenvalue weighted by Crippen LogP contribution is -2.57. The number of nitrogens with zero attached hydrogens (tertiary/aromatic N) is 2. The van der Waals surface area contributed by atoms with Crippen LogP contribution in [0.15, 0.2) is 24.3 Å². The number of carbonyl (C=O) groups is 1. The molecule has 0 aromatic heterocycles. The number of amides is 1. The SMILES string of the molecule is Cl.O.O=C(NC1CN2CCC1CC2)c1ccc([N+](=O)[O-])cc1. The van der Waals surface area contributed by atoms with Gasteiger partial charge in [-0.3, -0.25) is 14.9 Å². The van der Waals surface area contributed by atoms with Crippen molar-refractivity contribution in [2.24, 2.45) is 5.92 Å². The van der Waals surface area contributed by atoms with Crippen LogP contribution in [-0.2, 0) is 0 Å². The molecule has 1 atom stereocenters. The van der Waals surface area contributed by atoms with Gasteiger partial charge in [0.1, 0.15) is 0 Å². The van der Waals surface area contributed by atoms with Crippen molar-refractivity contribution in [3.05, 3.63) is 39.9 Å². The normalized spacial score (nSPS) is 25.5. The molecule has 1 aromatic carbocycles.